The van der Waals surface area contributed by atoms with Gasteiger partial charge in [0, 0.05) is 24.5 Å². The third kappa shape index (κ3) is 3.45. The van der Waals surface area contributed by atoms with Gasteiger partial charge in [0.05, 0.1) is 12.1 Å². The molecule has 0 saturated carbocycles. The summed E-state index contributed by atoms with van der Waals surface area (Å²) in [5.74, 6) is 0.360. The number of aromatic nitrogens is 1. The number of nitrogens with one attached hydrogen (secondary N) is 1. The summed E-state index contributed by atoms with van der Waals surface area (Å²) in [5.41, 5.74) is 1.44. The standard InChI is InChI=1S/C14H13ClN2O2/c1-19-13-5-4-11(7-12(13)15)14(18)17-9-10-3-2-6-16-8-10/h2-8H,9H2,1H3,(H,17,18). The molecule has 2 aromatic rings. The number of carbonyl (C=O) groups excluding carboxylic acids is 1. The second kappa shape index (κ2) is 6.20. The molecule has 0 aliphatic rings. The first-order valence-corrected chi connectivity index (χ1v) is 6.09. The lowest BCUT2D eigenvalue weighted by atomic mass is 10.2. The highest BCUT2D eigenvalue weighted by molar-refractivity contribution is 6.32. The molecule has 4 nitrogen and oxygen atoms in total. The van der Waals surface area contributed by atoms with Gasteiger partial charge in [-0.15, -0.1) is 0 Å². The summed E-state index contributed by atoms with van der Waals surface area (Å²) >= 11 is 5.98. The van der Waals surface area contributed by atoms with E-state index in [0.29, 0.717) is 22.9 Å². The summed E-state index contributed by atoms with van der Waals surface area (Å²) in [4.78, 5) is 15.9. The minimum atomic E-state index is -0.187. The highest BCUT2D eigenvalue weighted by atomic mass is 35.5. The van der Waals surface area contributed by atoms with Crippen LogP contribution < -0.4 is 10.1 Å². The number of carbonyl (C=O) groups is 1. The van der Waals surface area contributed by atoms with Gasteiger partial charge in [0.2, 0.25) is 0 Å². The van der Waals surface area contributed by atoms with Crippen LogP contribution in [0.25, 0.3) is 0 Å². The number of hydrogen-bond donors (Lipinski definition) is 1. The van der Waals surface area contributed by atoms with Gasteiger partial charge in [-0.25, -0.2) is 0 Å². The number of hydrogen-bond acceptors (Lipinski definition) is 3. The Balaban J connectivity index is 2.02. The van der Waals surface area contributed by atoms with Crippen LogP contribution in [0.2, 0.25) is 5.02 Å². The maximum Gasteiger partial charge on any atom is 0.251 e. The molecular weight excluding hydrogens is 264 g/mol. The van der Waals surface area contributed by atoms with Crippen molar-refractivity contribution in [3.8, 4) is 5.75 Å². The molecule has 98 valence electrons. The Morgan fingerprint density at radius 2 is 2.26 bits per heavy atom. The van der Waals surface area contributed by atoms with Crippen molar-refractivity contribution >= 4 is 17.5 Å². The van der Waals surface area contributed by atoms with Crippen LogP contribution in [0.15, 0.2) is 42.7 Å². The molecule has 0 fully saturated rings. The summed E-state index contributed by atoms with van der Waals surface area (Å²) in [5, 5.41) is 3.21. The van der Waals surface area contributed by atoms with Crippen LogP contribution in [0.1, 0.15) is 15.9 Å². The second-order valence-corrected chi connectivity index (χ2v) is 4.30. The molecule has 0 atom stereocenters. The monoisotopic (exact) mass is 276 g/mol. The van der Waals surface area contributed by atoms with Crippen molar-refractivity contribution in [3.63, 3.8) is 0 Å². The lowest BCUT2D eigenvalue weighted by molar-refractivity contribution is 0.0951. The number of nitrogens with zero attached hydrogens (tertiary/aromatic N) is 1. The summed E-state index contributed by atoms with van der Waals surface area (Å²) in [6.07, 6.45) is 3.40. The Labute approximate surface area is 116 Å². The third-order valence-electron chi connectivity index (χ3n) is 2.59. The number of methoxy groups -OCH3 is 1. The largest absolute Gasteiger partial charge is 0.495 e. The van der Waals surface area contributed by atoms with E-state index < -0.39 is 0 Å². The number of pyridine rings is 1. The van der Waals surface area contributed by atoms with E-state index in [1.807, 2.05) is 12.1 Å². The van der Waals surface area contributed by atoms with E-state index in [4.69, 9.17) is 16.3 Å². The molecule has 0 aliphatic carbocycles. The van der Waals surface area contributed by atoms with Gasteiger partial charge in [-0.05, 0) is 29.8 Å². The lowest BCUT2D eigenvalue weighted by Crippen LogP contribution is -2.22. The Hall–Kier alpha value is -2.07. The maximum absolute atomic E-state index is 11.9. The zero-order chi connectivity index (χ0) is 13.7. The fourth-order valence-electron chi connectivity index (χ4n) is 1.59. The molecule has 0 saturated heterocycles. The Kier molecular flexibility index (Phi) is 4.36. The van der Waals surface area contributed by atoms with Gasteiger partial charge in [0.25, 0.3) is 5.91 Å². The Morgan fingerprint density at radius 3 is 2.89 bits per heavy atom. The van der Waals surface area contributed by atoms with E-state index in [2.05, 4.69) is 10.3 Å². The van der Waals surface area contributed by atoms with E-state index in [0.717, 1.165) is 5.56 Å². The quantitative estimate of drug-likeness (QED) is 0.934. The summed E-state index contributed by atoms with van der Waals surface area (Å²) in [6, 6.07) is 8.64. The predicted molar refractivity (Wildman–Crippen MR) is 73.4 cm³/mol. The van der Waals surface area contributed by atoms with Gasteiger partial charge < -0.3 is 10.1 Å². The third-order valence-corrected chi connectivity index (χ3v) is 2.89. The number of rotatable bonds is 4. The van der Waals surface area contributed by atoms with Crippen LogP contribution in [0.3, 0.4) is 0 Å². The molecule has 1 aromatic carbocycles. The molecule has 1 aromatic heterocycles. The molecule has 2 rings (SSSR count). The van der Waals surface area contributed by atoms with Crippen LogP contribution in [0.5, 0.6) is 5.75 Å². The smallest absolute Gasteiger partial charge is 0.251 e. The van der Waals surface area contributed by atoms with Crippen LogP contribution in [0.4, 0.5) is 0 Å². The summed E-state index contributed by atoms with van der Waals surface area (Å²) in [7, 11) is 1.53. The van der Waals surface area contributed by atoms with Gasteiger partial charge in [-0.1, -0.05) is 17.7 Å². The van der Waals surface area contributed by atoms with Gasteiger partial charge in [-0.2, -0.15) is 0 Å². The molecule has 0 unspecified atom stereocenters. The first kappa shape index (κ1) is 13.4. The highest BCUT2D eigenvalue weighted by Gasteiger charge is 2.08. The minimum absolute atomic E-state index is 0.187. The highest BCUT2D eigenvalue weighted by Crippen LogP contribution is 2.24. The minimum Gasteiger partial charge on any atom is -0.495 e. The normalized spacial score (nSPS) is 10.0. The fourth-order valence-corrected chi connectivity index (χ4v) is 1.85. The SMILES string of the molecule is COc1ccc(C(=O)NCc2cccnc2)cc1Cl. The number of amides is 1. The number of benzene rings is 1. The molecule has 0 radical (unpaired) electrons. The maximum atomic E-state index is 11.9. The zero-order valence-electron chi connectivity index (χ0n) is 10.4. The van der Waals surface area contributed by atoms with Crippen molar-refractivity contribution in [2.45, 2.75) is 6.54 Å². The first-order valence-electron chi connectivity index (χ1n) is 5.71. The molecule has 0 aliphatic heterocycles. The molecule has 1 amide bonds. The fraction of sp³-hybridized carbons (Fsp3) is 0.143. The predicted octanol–water partition coefficient (Wildman–Crippen LogP) is 2.67. The van der Waals surface area contributed by atoms with Crippen molar-refractivity contribution in [2.24, 2.45) is 0 Å². The van der Waals surface area contributed by atoms with E-state index in [1.165, 1.54) is 7.11 Å². The van der Waals surface area contributed by atoms with Crippen LogP contribution >= 0.6 is 11.6 Å². The van der Waals surface area contributed by atoms with Crippen molar-refractivity contribution in [3.05, 3.63) is 58.9 Å². The van der Waals surface area contributed by atoms with Crippen LogP contribution in [-0.2, 0) is 6.54 Å². The molecule has 19 heavy (non-hydrogen) atoms. The van der Waals surface area contributed by atoms with E-state index in [9.17, 15) is 4.79 Å². The average molecular weight is 277 g/mol. The topological polar surface area (TPSA) is 51.2 Å². The Morgan fingerprint density at radius 1 is 1.42 bits per heavy atom. The van der Waals surface area contributed by atoms with Gasteiger partial charge in [0.15, 0.2) is 0 Å². The van der Waals surface area contributed by atoms with Crippen LogP contribution in [-0.4, -0.2) is 18.0 Å². The van der Waals surface area contributed by atoms with Gasteiger partial charge in [-0.3, -0.25) is 9.78 Å². The molecule has 1 N–H and O–H groups in total. The van der Waals surface area contributed by atoms with Crippen molar-refractivity contribution in [1.82, 2.24) is 10.3 Å². The van der Waals surface area contributed by atoms with Gasteiger partial charge in [0.1, 0.15) is 5.75 Å². The van der Waals surface area contributed by atoms with Crippen molar-refractivity contribution in [2.75, 3.05) is 7.11 Å². The van der Waals surface area contributed by atoms with Crippen molar-refractivity contribution in [1.29, 1.82) is 0 Å². The molecule has 0 spiro atoms. The van der Waals surface area contributed by atoms with Crippen LogP contribution in [0, 0.1) is 0 Å². The summed E-state index contributed by atoms with van der Waals surface area (Å²) < 4.78 is 5.04. The molecule has 0 bridgehead atoms. The van der Waals surface area contributed by atoms with Crippen molar-refractivity contribution < 1.29 is 9.53 Å². The molecular formula is C14H13ClN2O2. The summed E-state index contributed by atoms with van der Waals surface area (Å²) in [6.45, 7) is 0.427. The van der Waals surface area contributed by atoms with E-state index >= 15 is 0 Å². The second-order valence-electron chi connectivity index (χ2n) is 3.89. The number of halogens is 1. The molecule has 5 heteroatoms. The molecule has 1 heterocycles. The lowest BCUT2D eigenvalue weighted by Gasteiger charge is -2.07. The van der Waals surface area contributed by atoms with E-state index in [-0.39, 0.29) is 5.91 Å². The Bertz CT molecular complexity index is 573. The van der Waals surface area contributed by atoms with Gasteiger partial charge >= 0.3 is 0 Å². The number of ether oxygens (including phenoxy) is 1. The average Bonchev–Trinajstić information content (AvgIpc) is 2.45. The first-order chi connectivity index (χ1) is 9.20. The van der Waals surface area contributed by atoms with E-state index in [1.54, 1.807) is 30.6 Å². The zero-order valence-corrected chi connectivity index (χ0v) is 11.1.